The number of carbonyl (C=O) groups excluding carboxylic acids is 2. The molecule has 2 fully saturated rings. The number of fused-ring (bicyclic) bond motifs is 1. The van der Waals surface area contributed by atoms with Crippen LogP contribution in [0.1, 0.15) is 78.4 Å². The van der Waals surface area contributed by atoms with Crippen LogP contribution in [0.15, 0.2) is 41.3 Å². The lowest BCUT2D eigenvalue weighted by molar-refractivity contribution is -0.146. The van der Waals surface area contributed by atoms with Crippen LogP contribution in [0.25, 0.3) is 5.65 Å². The highest BCUT2D eigenvalue weighted by Gasteiger charge is 2.46. The zero-order valence-electron chi connectivity index (χ0n) is 21.9. The molecule has 0 spiro atoms. The van der Waals surface area contributed by atoms with Gasteiger partial charge in [0.15, 0.2) is 5.65 Å². The van der Waals surface area contributed by atoms with E-state index < -0.39 is 12.1 Å². The van der Waals surface area contributed by atoms with Crippen molar-refractivity contribution in [3.63, 3.8) is 0 Å². The number of anilines is 1. The average molecular weight is 590 g/mol. The summed E-state index contributed by atoms with van der Waals surface area (Å²) in [5.74, 6) is 1.33. The molecule has 4 heterocycles. The maximum absolute atomic E-state index is 13.0. The molecule has 1 unspecified atom stereocenters. The van der Waals surface area contributed by atoms with Gasteiger partial charge in [-0.3, -0.25) is 9.59 Å². The summed E-state index contributed by atoms with van der Waals surface area (Å²) >= 11 is 3.65. The van der Waals surface area contributed by atoms with Crippen molar-refractivity contribution in [3.8, 4) is 0 Å². The second-order valence-corrected chi connectivity index (χ2v) is 11.2. The van der Waals surface area contributed by atoms with Crippen LogP contribution in [-0.2, 0) is 20.7 Å². The smallest absolute Gasteiger partial charge is 0.303 e. The second-order valence-electron chi connectivity index (χ2n) is 10.4. The van der Waals surface area contributed by atoms with Crippen molar-refractivity contribution in [2.75, 3.05) is 5.32 Å². The van der Waals surface area contributed by atoms with Gasteiger partial charge in [-0.2, -0.15) is 0 Å². The number of aryl methyl sites for hydroxylation is 2. The van der Waals surface area contributed by atoms with Crippen molar-refractivity contribution in [2.45, 2.75) is 64.4 Å². The standard InChI is InChI=1S/C28H28BrN7O3/c1-14-6-7-30-26(31-14)20-10-21(20)28(38)35-25-11-23(32-15(2)33-25)24(39-16(3)37)9-19-13-36-12-18(17-4-5-17)8-22(29)27(36)34-19/h6-8,11-13,17,20-21,24H,4-5,9-10H2,1-3H3,(H,32,33,35,38)/t20-,21-,24?/m0/s1. The number of rotatable bonds is 8. The van der Waals surface area contributed by atoms with E-state index in [2.05, 4.69) is 53.4 Å². The van der Waals surface area contributed by atoms with E-state index in [0.29, 0.717) is 41.9 Å². The largest absolute Gasteiger partial charge is 0.456 e. The Labute approximate surface area is 233 Å². The number of hydrogen-bond donors (Lipinski definition) is 1. The highest BCUT2D eigenvalue weighted by Crippen LogP contribution is 2.46. The Morgan fingerprint density at radius 2 is 1.97 bits per heavy atom. The molecular formula is C28H28BrN7O3. The number of esters is 1. The average Bonchev–Trinajstić information content (AvgIpc) is 3.80. The maximum Gasteiger partial charge on any atom is 0.303 e. The number of carbonyl (C=O) groups is 2. The first-order valence-corrected chi connectivity index (χ1v) is 13.8. The maximum atomic E-state index is 13.0. The zero-order valence-corrected chi connectivity index (χ0v) is 23.5. The third-order valence-corrected chi connectivity index (χ3v) is 7.62. The van der Waals surface area contributed by atoms with Crippen molar-refractivity contribution in [3.05, 3.63) is 75.6 Å². The van der Waals surface area contributed by atoms with Crippen LogP contribution in [0.4, 0.5) is 5.82 Å². The van der Waals surface area contributed by atoms with Crippen molar-refractivity contribution >= 4 is 39.3 Å². The molecule has 6 rings (SSSR count). The van der Waals surface area contributed by atoms with Gasteiger partial charge < -0.3 is 14.5 Å². The summed E-state index contributed by atoms with van der Waals surface area (Å²) in [6.45, 7) is 5.02. The lowest BCUT2D eigenvalue weighted by atomic mass is 10.1. The van der Waals surface area contributed by atoms with Gasteiger partial charge in [-0.05, 0) is 72.7 Å². The molecule has 39 heavy (non-hydrogen) atoms. The monoisotopic (exact) mass is 589 g/mol. The van der Waals surface area contributed by atoms with Gasteiger partial charge in [0, 0.05) is 55.5 Å². The number of hydrogen-bond acceptors (Lipinski definition) is 8. The second kappa shape index (κ2) is 10.1. The highest BCUT2D eigenvalue weighted by molar-refractivity contribution is 9.10. The summed E-state index contributed by atoms with van der Waals surface area (Å²) in [6, 6.07) is 5.63. The quantitative estimate of drug-likeness (QED) is 0.292. The van der Waals surface area contributed by atoms with Crippen LogP contribution >= 0.6 is 15.9 Å². The fourth-order valence-electron chi connectivity index (χ4n) is 4.92. The number of imidazole rings is 1. The van der Waals surface area contributed by atoms with Crippen molar-refractivity contribution in [1.82, 2.24) is 29.3 Å². The van der Waals surface area contributed by atoms with Crippen LogP contribution in [0.3, 0.4) is 0 Å². The minimum Gasteiger partial charge on any atom is -0.456 e. The van der Waals surface area contributed by atoms with E-state index in [4.69, 9.17) is 9.72 Å². The van der Waals surface area contributed by atoms with Crippen LogP contribution < -0.4 is 5.32 Å². The molecule has 4 aromatic heterocycles. The van der Waals surface area contributed by atoms with Gasteiger partial charge in [0.2, 0.25) is 5.91 Å². The molecule has 11 heteroatoms. The molecule has 4 aromatic rings. The number of nitrogens with zero attached hydrogens (tertiary/aromatic N) is 6. The molecule has 2 aliphatic carbocycles. The Balaban J connectivity index is 1.21. The predicted molar refractivity (Wildman–Crippen MR) is 146 cm³/mol. The van der Waals surface area contributed by atoms with Gasteiger partial charge in [0.1, 0.15) is 23.6 Å². The number of aromatic nitrogens is 6. The van der Waals surface area contributed by atoms with E-state index in [-0.39, 0.29) is 17.7 Å². The molecule has 0 aliphatic heterocycles. The van der Waals surface area contributed by atoms with Crippen LogP contribution in [0, 0.1) is 19.8 Å². The first-order chi connectivity index (χ1) is 18.7. The molecule has 0 saturated heterocycles. The summed E-state index contributed by atoms with van der Waals surface area (Å²) in [4.78, 5) is 47.5. The van der Waals surface area contributed by atoms with Crippen LogP contribution in [-0.4, -0.2) is 41.2 Å². The molecular weight excluding hydrogens is 562 g/mol. The fraction of sp³-hybridized carbons (Fsp3) is 0.393. The third kappa shape index (κ3) is 5.68. The Morgan fingerprint density at radius 1 is 1.15 bits per heavy atom. The molecule has 10 nitrogen and oxygen atoms in total. The Hall–Kier alpha value is -3.73. The Morgan fingerprint density at radius 3 is 2.72 bits per heavy atom. The molecule has 1 amide bonds. The first kappa shape index (κ1) is 25.5. The van der Waals surface area contributed by atoms with E-state index >= 15 is 0 Å². The van der Waals surface area contributed by atoms with Crippen LogP contribution in [0.2, 0.25) is 0 Å². The van der Waals surface area contributed by atoms with Gasteiger partial charge in [-0.1, -0.05) is 0 Å². The van der Waals surface area contributed by atoms with Gasteiger partial charge in [0.05, 0.1) is 15.9 Å². The van der Waals surface area contributed by atoms with E-state index in [0.717, 1.165) is 21.5 Å². The third-order valence-electron chi connectivity index (χ3n) is 7.04. The predicted octanol–water partition coefficient (Wildman–Crippen LogP) is 4.76. The number of pyridine rings is 1. The van der Waals surface area contributed by atoms with E-state index in [9.17, 15) is 9.59 Å². The fourth-order valence-corrected chi connectivity index (χ4v) is 5.48. The number of halogens is 1. The number of amides is 1. The van der Waals surface area contributed by atoms with E-state index in [1.54, 1.807) is 19.2 Å². The Bertz CT molecular complexity index is 1600. The molecule has 2 saturated carbocycles. The molecule has 0 aromatic carbocycles. The van der Waals surface area contributed by atoms with Crippen molar-refractivity contribution in [1.29, 1.82) is 0 Å². The molecule has 0 radical (unpaired) electrons. The molecule has 3 atom stereocenters. The van der Waals surface area contributed by atoms with Crippen molar-refractivity contribution in [2.24, 2.45) is 5.92 Å². The molecule has 1 N–H and O–H groups in total. The van der Waals surface area contributed by atoms with Gasteiger partial charge in [0.25, 0.3) is 0 Å². The summed E-state index contributed by atoms with van der Waals surface area (Å²) in [6.07, 6.45) is 8.53. The van der Waals surface area contributed by atoms with E-state index in [1.807, 2.05) is 23.6 Å². The molecule has 200 valence electrons. The zero-order chi connectivity index (χ0) is 27.3. The van der Waals surface area contributed by atoms with Gasteiger partial charge in [-0.15, -0.1) is 0 Å². The lowest BCUT2D eigenvalue weighted by Crippen LogP contribution is -2.19. The Kier molecular flexibility index (Phi) is 6.62. The normalized spacial score (nSPS) is 19.1. The van der Waals surface area contributed by atoms with Crippen molar-refractivity contribution < 1.29 is 14.3 Å². The minimum atomic E-state index is -0.694. The molecule has 2 aliphatic rings. The highest BCUT2D eigenvalue weighted by atomic mass is 79.9. The van der Waals surface area contributed by atoms with Gasteiger partial charge in [-0.25, -0.2) is 24.9 Å². The van der Waals surface area contributed by atoms with E-state index in [1.165, 1.54) is 25.3 Å². The van der Waals surface area contributed by atoms with Crippen LogP contribution in [0.5, 0.6) is 0 Å². The first-order valence-electron chi connectivity index (χ1n) is 13.0. The topological polar surface area (TPSA) is 124 Å². The minimum absolute atomic E-state index is 0.00379. The number of ether oxygens (including phenoxy) is 1. The SMILES string of the molecule is CC(=O)OC(Cc1cn2cc(C3CC3)cc(Br)c2n1)c1cc(NC(=O)[C@H]2C[C@@H]2c2nccc(C)n2)nc(C)n1. The summed E-state index contributed by atoms with van der Waals surface area (Å²) in [5, 5.41) is 2.91. The summed E-state index contributed by atoms with van der Waals surface area (Å²) in [5.41, 5.74) is 4.22. The summed E-state index contributed by atoms with van der Waals surface area (Å²) < 4.78 is 8.62. The summed E-state index contributed by atoms with van der Waals surface area (Å²) in [7, 11) is 0. The van der Waals surface area contributed by atoms with Gasteiger partial charge >= 0.3 is 5.97 Å². The number of nitrogens with one attached hydrogen (secondary N) is 1. The molecule has 0 bridgehead atoms. The lowest BCUT2D eigenvalue weighted by Gasteiger charge is -2.17.